The van der Waals surface area contributed by atoms with Gasteiger partial charge in [-0.15, -0.1) is 0 Å². The molecule has 3 N–H and O–H groups in total. The molecule has 5 heteroatoms. The summed E-state index contributed by atoms with van der Waals surface area (Å²) in [6.45, 7) is 3.11. The number of ether oxygens (including phenoxy) is 1. The minimum Gasteiger partial charge on any atom is -0.383 e. The summed E-state index contributed by atoms with van der Waals surface area (Å²) >= 11 is 0. The monoisotopic (exact) mass is 298 g/mol. The maximum atomic E-state index is 5.87. The lowest BCUT2D eigenvalue weighted by atomic mass is 10.1. The molecule has 0 saturated heterocycles. The van der Waals surface area contributed by atoms with E-state index in [4.69, 9.17) is 10.5 Å². The van der Waals surface area contributed by atoms with Crippen LogP contribution in [0.5, 0.6) is 0 Å². The first-order valence-electron chi connectivity index (χ1n) is 7.25. The van der Waals surface area contributed by atoms with Crippen molar-refractivity contribution in [2.24, 2.45) is 10.7 Å². The Morgan fingerprint density at radius 1 is 1.32 bits per heavy atom. The number of nitrogens with two attached hydrogens (primary N) is 1. The molecule has 116 valence electrons. The number of aliphatic imine (C=N–C) groups is 1. The minimum absolute atomic E-state index is 0.133. The van der Waals surface area contributed by atoms with Crippen molar-refractivity contribution in [3.8, 4) is 11.3 Å². The predicted octanol–water partition coefficient (Wildman–Crippen LogP) is 2.19. The molecule has 5 nitrogen and oxygen atoms in total. The van der Waals surface area contributed by atoms with Crippen LogP contribution in [0.15, 0.2) is 53.7 Å². The highest BCUT2D eigenvalue weighted by molar-refractivity contribution is 5.78. The van der Waals surface area contributed by atoms with Crippen LogP contribution in [0.4, 0.5) is 0 Å². The van der Waals surface area contributed by atoms with Gasteiger partial charge in [-0.3, -0.25) is 4.98 Å². The maximum absolute atomic E-state index is 5.87. The van der Waals surface area contributed by atoms with Crippen LogP contribution in [0.1, 0.15) is 12.5 Å². The summed E-state index contributed by atoms with van der Waals surface area (Å²) in [6, 6.07) is 14.2. The first-order valence-corrected chi connectivity index (χ1v) is 7.25. The van der Waals surface area contributed by atoms with Gasteiger partial charge in [0.15, 0.2) is 5.96 Å². The van der Waals surface area contributed by atoms with Crippen LogP contribution in [-0.4, -0.2) is 30.7 Å². The molecule has 0 bridgehead atoms. The first-order chi connectivity index (χ1) is 10.7. The summed E-state index contributed by atoms with van der Waals surface area (Å²) in [4.78, 5) is 8.72. The highest BCUT2D eigenvalue weighted by Gasteiger charge is 2.02. The third-order valence-corrected chi connectivity index (χ3v) is 3.13. The van der Waals surface area contributed by atoms with Crippen molar-refractivity contribution in [2.75, 3.05) is 13.7 Å². The van der Waals surface area contributed by atoms with Crippen LogP contribution in [0.25, 0.3) is 11.3 Å². The molecular formula is C17H22N4O. The fourth-order valence-electron chi connectivity index (χ4n) is 2.13. The molecule has 0 amide bonds. The highest BCUT2D eigenvalue weighted by atomic mass is 16.5. The average Bonchev–Trinajstić information content (AvgIpc) is 2.54. The zero-order valence-corrected chi connectivity index (χ0v) is 13.0. The van der Waals surface area contributed by atoms with Gasteiger partial charge in [-0.1, -0.05) is 24.3 Å². The first kappa shape index (κ1) is 16.0. The van der Waals surface area contributed by atoms with Crippen molar-refractivity contribution in [1.29, 1.82) is 0 Å². The van der Waals surface area contributed by atoms with Gasteiger partial charge in [-0.25, -0.2) is 4.99 Å². The van der Waals surface area contributed by atoms with E-state index in [0.29, 0.717) is 19.1 Å². The van der Waals surface area contributed by atoms with Crippen molar-refractivity contribution in [3.05, 3.63) is 54.2 Å². The molecule has 1 heterocycles. The number of rotatable bonds is 6. The Bertz CT molecular complexity index is 613. The number of nitrogens with one attached hydrogen (secondary N) is 1. The third-order valence-electron chi connectivity index (χ3n) is 3.13. The molecule has 1 aromatic carbocycles. The second-order valence-corrected chi connectivity index (χ2v) is 5.12. The number of aromatic nitrogens is 1. The molecule has 1 aromatic heterocycles. The van der Waals surface area contributed by atoms with E-state index in [-0.39, 0.29) is 6.04 Å². The smallest absolute Gasteiger partial charge is 0.189 e. The second kappa shape index (κ2) is 8.14. The Balaban J connectivity index is 2.02. The third kappa shape index (κ3) is 4.86. The van der Waals surface area contributed by atoms with Gasteiger partial charge < -0.3 is 15.8 Å². The molecule has 0 spiro atoms. The molecule has 0 fully saturated rings. The molecule has 0 aliphatic rings. The summed E-state index contributed by atoms with van der Waals surface area (Å²) in [5, 5.41) is 3.09. The Labute approximate surface area is 131 Å². The SMILES string of the molecule is COCC(C)NC(N)=NCc1cccc(-c2ccccn2)c1. The molecule has 1 atom stereocenters. The number of guanidine groups is 1. The predicted molar refractivity (Wildman–Crippen MR) is 89.5 cm³/mol. The van der Waals surface area contributed by atoms with Crippen LogP contribution in [0, 0.1) is 0 Å². The van der Waals surface area contributed by atoms with Crippen molar-refractivity contribution in [2.45, 2.75) is 19.5 Å². The van der Waals surface area contributed by atoms with E-state index in [1.165, 1.54) is 0 Å². The summed E-state index contributed by atoms with van der Waals surface area (Å²) in [6.07, 6.45) is 1.79. The molecule has 0 aliphatic carbocycles. The number of pyridine rings is 1. The largest absolute Gasteiger partial charge is 0.383 e. The Kier molecular flexibility index (Phi) is 5.91. The fraction of sp³-hybridized carbons (Fsp3) is 0.294. The van der Waals surface area contributed by atoms with Gasteiger partial charge in [0, 0.05) is 24.9 Å². The lowest BCUT2D eigenvalue weighted by molar-refractivity contribution is 0.179. The minimum atomic E-state index is 0.133. The molecular weight excluding hydrogens is 276 g/mol. The normalized spacial score (nSPS) is 12.9. The van der Waals surface area contributed by atoms with E-state index in [0.717, 1.165) is 16.8 Å². The van der Waals surface area contributed by atoms with Crippen LogP contribution in [0.2, 0.25) is 0 Å². The molecule has 1 unspecified atom stereocenters. The Morgan fingerprint density at radius 2 is 2.18 bits per heavy atom. The molecule has 2 aromatic rings. The van der Waals surface area contributed by atoms with Crippen molar-refractivity contribution in [3.63, 3.8) is 0 Å². The van der Waals surface area contributed by atoms with Crippen molar-refractivity contribution in [1.82, 2.24) is 10.3 Å². The van der Waals surface area contributed by atoms with E-state index in [2.05, 4.69) is 21.4 Å². The molecule has 2 rings (SSSR count). The maximum Gasteiger partial charge on any atom is 0.189 e. The van der Waals surface area contributed by atoms with E-state index < -0.39 is 0 Å². The van der Waals surface area contributed by atoms with E-state index in [9.17, 15) is 0 Å². The van der Waals surface area contributed by atoms with E-state index in [1.54, 1.807) is 13.3 Å². The van der Waals surface area contributed by atoms with Gasteiger partial charge in [0.2, 0.25) is 0 Å². The highest BCUT2D eigenvalue weighted by Crippen LogP contribution is 2.18. The van der Waals surface area contributed by atoms with Crippen molar-refractivity contribution < 1.29 is 4.74 Å². The Hall–Kier alpha value is -2.40. The van der Waals surface area contributed by atoms with Gasteiger partial charge in [0.05, 0.1) is 18.8 Å². The van der Waals surface area contributed by atoms with E-state index in [1.807, 2.05) is 43.3 Å². The van der Waals surface area contributed by atoms with E-state index >= 15 is 0 Å². The lowest BCUT2D eigenvalue weighted by Gasteiger charge is -2.13. The number of methoxy groups -OCH3 is 1. The van der Waals surface area contributed by atoms with Gasteiger partial charge in [0.1, 0.15) is 0 Å². The van der Waals surface area contributed by atoms with Gasteiger partial charge in [-0.05, 0) is 30.7 Å². The van der Waals surface area contributed by atoms with Crippen LogP contribution in [-0.2, 0) is 11.3 Å². The molecule has 22 heavy (non-hydrogen) atoms. The molecule has 0 radical (unpaired) electrons. The lowest BCUT2D eigenvalue weighted by Crippen LogP contribution is -2.40. The van der Waals surface area contributed by atoms with Gasteiger partial charge >= 0.3 is 0 Å². The average molecular weight is 298 g/mol. The number of hydrogen-bond acceptors (Lipinski definition) is 3. The van der Waals surface area contributed by atoms with Crippen LogP contribution in [0.3, 0.4) is 0 Å². The number of benzene rings is 1. The number of nitrogens with zero attached hydrogens (tertiary/aromatic N) is 2. The van der Waals surface area contributed by atoms with Gasteiger partial charge in [0.25, 0.3) is 0 Å². The standard InChI is InChI=1S/C17H22N4O/c1-13(12-22-2)21-17(18)20-11-14-6-5-7-15(10-14)16-8-3-4-9-19-16/h3-10,13H,11-12H2,1-2H3,(H3,18,20,21). The van der Waals surface area contributed by atoms with Crippen LogP contribution < -0.4 is 11.1 Å². The van der Waals surface area contributed by atoms with Crippen LogP contribution >= 0.6 is 0 Å². The summed E-state index contributed by atoms with van der Waals surface area (Å²) in [7, 11) is 1.66. The zero-order valence-electron chi connectivity index (χ0n) is 13.0. The van der Waals surface area contributed by atoms with Gasteiger partial charge in [-0.2, -0.15) is 0 Å². The molecule has 0 aliphatic heterocycles. The Morgan fingerprint density at radius 3 is 2.91 bits per heavy atom. The summed E-state index contributed by atoms with van der Waals surface area (Å²) in [5.41, 5.74) is 8.99. The number of hydrogen-bond donors (Lipinski definition) is 2. The summed E-state index contributed by atoms with van der Waals surface area (Å²) < 4.78 is 5.05. The topological polar surface area (TPSA) is 72.5 Å². The second-order valence-electron chi connectivity index (χ2n) is 5.12. The zero-order chi connectivity index (χ0) is 15.8. The molecule has 0 saturated carbocycles. The summed E-state index contributed by atoms with van der Waals surface area (Å²) in [5.74, 6) is 0.424. The van der Waals surface area contributed by atoms with Crippen molar-refractivity contribution >= 4 is 5.96 Å². The quantitative estimate of drug-likeness (QED) is 0.633. The fourth-order valence-corrected chi connectivity index (χ4v) is 2.13.